The van der Waals surface area contributed by atoms with Crippen molar-refractivity contribution in [2.75, 3.05) is 16.9 Å². The van der Waals surface area contributed by atoms with E-state index in [-0.39, 0.29) is 44.7 Å². The molecule has 4 aliphatic rings. The maximum Gasteiger partial charge on any atom is 0.258 e. The molecule has 2 heterocycles. The largest absolute Gasteiger partial charge is 0.508 e. The van der Waals surface area contributed by atoms with Gasteiger partial charge in [0.1, 0.15) is 17.2 Å². The number of rotatable bonds is 4. The fourth-order valence-electron chi connectivity index (χ4n) is 7.83. The number of anilines is 2. The molecule has 260 valence electrons. The number of carbonyl (C=O) groups excluding carboxylic acids is 4. The summed E-state index contributed by atoms with van der Waals surface area (Å²) < 4.78 is 78.8. The summed E-state index contributed by atoms with van der Waals surface area (Å²) in [6.07, 6.45) is 0.832. The number of phenols is 1. The molecule has 6 atom stereocenters. The molecule has 8 nitrogen and oxygen atoms in total. The summed E-state index contributed by atoms with van der Waals surface area (Å²) in [5, 5.41) is 10.5. The average molecular weight is 756 g/mol. The molecule has 3 fully saturated rings. The summed E-state index contributed by atoms with van der Waals surface area (Å²) in [4.78, 5) is 52.0. The average Bonchev–Trinajstić information content (AvgIpc) is 3.42. The number of phenolic OH excluding ortho intramolecular Hbond substituents is 1. The Morgan fingerprint density at radius 2 is 1.48 bits per heavy atom. The van der Waals surface area contributed by atoms with Crippen LogP contribution in [0.25, 0.3) is 0 Å². The molecule has 3 aromatic rings. The van der Waals surface area contributed by atoms with Crippen molar-refractivity contribution in [1.82, 2.24) is 0 Å². The van der Waals surface area contributed by atoms with E-state index in [4.69, 9.17) is 39.5 Å². The van der Waals surface area contributed by atoms with E-state index in [1.165, 1.54) is 31.4 Å². The zero-order valence-electron chi connectivity index (χ0n) is 25.7. The Labute approximate surface area is 294 Å². The maximum atomic E-state index is 15.2. The van der Waals surface area contributed by atoms with Crippen molar-refractivity contribution in [3.05, 3.63) is 93.3 Å². The number of amides is 4. The van der Waals surface area contributed by atoms with Gasteiger partial charge < -0.3 is 9.84 Å². The van der Waals surface area contributed by atoms with Crippen molar-refractivity contribution in [2.45, 2.75) is 35.4 Å². The molecule has 0 unspecified atom stereocenters. The second-order valence-electron chi connectivity index (χ2n) is 12.6. The lowest BCUT2D eigenvalue weighted by atomic mass is 9.56. The lowest BCUT2D eigenvalue weighted by Crippen LogP contribution is -2.60. The normalized spacial score (nSPS) is 28.9. The van der Waals surface area contributed by atoms with Gasteiger partial charge >= 0.3 is 0 Å². The fourth-order valence-corrected chi connectivity index (χ4v) is 8.93. The first kappa shape index (κ1) is 34.3. The molecule has 0 spiro atoms. The highest BCUT2D eigenvalue weighted by Crippen LogP contribution is 2.67. The molecule has 3 aromatic carbocycles. The summed E-state index contributed by atoms with van der Waals surface area (Å²) in [7, 11) is 1.21. The van der Waals surface area contributed by atoms with Gasteiger partial charge in [0, 0.05) is 22.6 Å². The topological polar surface area (TPSA) is 104 Å². The van der Waals surface area contributed by atoms with Crippen molar-refractivity contribution in [2.24, 2.45) is 17.8 Å². The lowest BCUT2D eigenvalue weighted by Gasteiger charge is -2.50. The van der Waals surface area contributed by atoms with Crippen molar-refractivity contribution in [3.63, 3.8) is 0 Å². The predicted octanol–water partition coefficient (Wildman–Crippen LogP) is 6.83. The molecule has 0 bridgehead atoms. The van der Waals surface area contributed by atoms with Crippen LogP contribution in [0.5, 0.6) is 11.5 Å². The van der Waals surface area contributed by atoms with E-state index in [2.05, 4.69) is 0 Å². The van der Waals surface area contributed by atoms with Crippen LogP contribution in [0, 0.1) is 53.8 Å². The summed E-state index contributed by atoms with van der Waals surface area (Å²) in [6, 6.07) is 8.22. The SMILES string of the molecule is COc1cc(O)ccc1[C@H]1C2=CC[C@@H]3C(=O)N(c4ccc(C)c(Cl)c4)C(=O)[C@@H]3[C@@H]2C[C@@]2(Cl)C(=O)N(c3c(F)c(F)c(F)c(F)c3F)C(=O)[C@@]12Cl. The van der Waals surface area contributed by atoms with E-state index in [0.29, 0.717) is 5.56 Å². The smallest absolute Gasteiger partial charge is 0.258 e. The molecule has 2 saturated heterocycles. The van der Waals surface area contributed by atoms with E-state index in [9.17, 15) is 37.5 Å². The molecule has 0 aromatic heterocycles. The Morgan fingerprint density at radius 3 is 2.10 bits per heavy atom. The molecular formula is C34H22Cl3F5N2O6. The second kappa shape index (κ2) is 11.4. The van der Waals surface area contributed by atoms with Crippen LogP contribution in [0.3, 0.4) is 0 Å². The molecule has 1 N–H and O–H groups in total. The minimum atomic E-state index is -2.74. The number of imide groups is 2. The molecule has 1 saturated carbocycles. The number of aromatic hydroxyl groups is 1. The molecular weight excluding hydrogens is 734 g/mol. The Bertz CT molecular complexity index is 2100. The summed E-state index contributed by atoms with van der Waals surface area (Å²) in [6.45, 7) is 1.73. The number of hydrogen-bond acceptors (Lipinski definition) is 6. The van der Waals surface area contributed by atoms with Gasteiger partial charge in [-0.2, -0.15) is 0 Å². The number of aryl methyl sites for hydroxylation is 1. The highest BCUT2D eigenvalue weighted by molar-refractivity contribution is 6.58. The standard InChI is InChI=1S/C34H22Cl3F5N2O6/c1-12-3-4-13(9-19(12)35)43-29(46)17-8-7-15-18(21(17)30(43)47)11-33(36)31(48)44(28-26(41)24(39)23(38)25(40)27(28)42)32(49)34(33,37)22(15)16-6-5-14(45)10-20(16)50-2/h3-7,9-10,17-18,21-22,45H,8,11H2,1-2H3/t17-,18+,21-,22+,33+,34-/m0/s1. The molecule has 0 radical (unpaired) electrons. The Kier molecular flexibility index (Phi) is 7.82. The van der Waals surface area contributed by atoms with Crippen LogP contribution in [0.2, 0.25) is 5.02 Å². The Balaban J connectivity index is 1.45. The van der Waals surface area contributed by atoms with E-state index in [1.807, 2.05) is 0 Å². The number of allylic oxidation sites excluding steroid dienone is 2. The Hall–Kier alpha value is -4.20. The first-order valence-electron chi connectivity index (χ1n) is 15.0. The van der Waals surface area contributed by atoms with Crippen molar-refractivity contribution in [1.29, 1.82) is 0 Å². The Morgan fingerprint density at radius 1 is 0.840 bits per heavy atom. The van der Waals surface area contributed by atoms with Crippen LogP contribution in [0.1, 0.15) is 29.9 Å². The zero-order chi connectivity index (χ0) is 36.4. The van der Waals surface area contributed by atoms with Gasteiger partial charge in [-0.1, -0.05) is 35.4 Å². The van der Waals surface area contributed by atoms with Gasteiger partial charge in [0.2, 0.25) is 17.6 Å². The molecule has 2 aliphatic heterocycles. The molecule has 4 amide bonds. The summed E-state index contributed by atoms with van der Waals surface area (Å²) in [5.41, 5.74) is -0.771. The van der Waals surface area contributed by atoms with Gasteiger partial charge in [0.25, 0.3) is 11.8 Å². The number of alkyl halides is 2. The first-order chi connectivity index (χ1) is 23.5. The van der Waals surface area contributed by atoms with E-state index >= 15 is 8.78 Å². The van der Waals surface area contributed by atoms with Crippen LogP contribution in [-0.4, -0.2) is 45.6 Å². The number of hydrogen-bond donors (Lipinski definition) is 1. The third-order valence-electron chi connectivity index (χ3n) is 10.2. The van der Waals surface area contributed by atoms with Crippen LogP contribution in [-0.2, 0) is 19.2 Å². The molecule has 50 heavy (non-hydrogen) atoms. The predicted molar refractivity (Wildman–Crippen MR) is 170 cm³/mol. The second-order valence-corrected chi connectivity index (χ2v) is 14.2. The van der Waals surface area contributed by atoms with Crippen molar-refractivity contribution >= 4 is 69.8 Å². The zero-order valence-corrected chi connectivity index (χ0v) is 27.9. The maximum absolute atomic E-state index is 15.2. The van der Waals surface area contributed by atoms with Crippen LogP contribution in [0.15, 0.2) is 48.0 Å². The number of fused-ring (bicyclic) bond motifs is 4. The minimum Gasteiger partial charge on any atom is -0.508 e. The van der Waals surface area contributed by atoms with Gasteiger partial charge in [-0.05, 0) is 49.4 Å². The highest BCUT2D eigenvalue weighted by Gasteiger charge is 2.77. The highest BCUT2D eigenvalue weighted by atomic mass is 35.5. The minimum absolute atomic E-state index is 0.0269. The molecule has 2 aliphatic carbocycles. The van der Waals surface area contributed by atoms with Crippen LogP contribution < -0.4 is 14.5 Å². The van der Waals surface area contributed by atoms with Crippen LogP contribution >= 0.6 is 34.8 Å². The van der Waals surface area contributed by atoms with E-state index < -0.39 is 98.2 Å². The monoisotopic (exact) mass is 754 g/mol. The summed E-state index contributed by atoms with van der Waals surface area (Å²) >= 11 is 20.6. The van der Waals surface area contributed by atoms with Gasteiger partial charge in [-0.15, -0.1) is 23.2 Å². The molecule has 16 heteroatoms. The quantitative estimate of drug-likeness (QED) is 0.0783. The third kappa shape index (κ3) is 4.29. The van der Waals surface area contributed by atoms with Crippen molar-refractivity contribution < 1.29 is 51.0 Å². The molecule has 7 rings (SSSR count). The van der Waals surface area contributed by atoms with Crippen molar-refractivity contribution in [3.8, 4) is 11.5 Å². The van der Waals surface area contributed by atoms with E-state index in [1.54, 1.807) is 19.1 Å². The van der Waals surface area contributed by atoms with Crippen LogP contribution in [0.4, 0.5) is 33.3 Å². The number of nitrogens with zero attached hydrogens (tertiary/aromatic N) is 2. The number of methoxy groups -OCH3 is 1. The van der Waals surface area contributed by atoms with Gasteiger partial charge in [-0.25, -0.2) is 31.8 Å². The lowest BCUT2D eigenvalue weighted by molar-refractivity contribution is -0.125. The third-order valence-corrected chi connectivity index (χ3v) is 12.0. The van der Waals surface area contributed by atoms with Gasteiger partial charge in [-0.3, -0.25) is 19.2 Å². The summed E-state index contributed by atoms with van der Waals surface area (Å²) in [5.74, 6) is -22.1. The number of ether oxygens (including phenoxy) is 1. The first-order valence-corrected chi connectivity index (χ1v) is 16.1. The van der Waals surface area contributed by atoms with E-state index in [0.717, 1.165) is 11.0 Å². The number of benzene rings is 3. The fraction of sp³-hybridized carbons (Fsp3) is 0.294. The number of halogens is 8. The number of carbonyl (C=O) groups is 4. The van der Waals surface area contributed by atoms with Gasteiger partial charge in [0.05, 0.1) is 24.6 Å². The van der Waals surface area contributed by atoms with Gasteiger partial charge in [0.15, 0.2) is 33.0 Å².